The van der Waals surface area contributed by atoms with Gasteiger partial charge in [-0.15, -0.1) is 5.10 Å². The summed E-state index contributed by atoms with van der Waals surface area (Å²) in [4.78, 5) is 5.94. The largest absolute Gasteiger partial charge is 0.355 e. The third-order valence-electron chi connectivity index (χ3n) is 6.91. The summed E-state index contributed by atoms with van der Waals surface area (Å²) in [5, 5.41) is 8.94. The van der Waals surface area contributed by atoms with E-state index in [1.54, 1.807) is 12.3 Å². The van der Waals surface area contributed by atoms with Crippen molar-refractivity contribution in [3.8, 4) is 0 Å². The molecular weight excluding hydrogens is 401 g/mol. The van der Waals surface area contributed by atoms with Crippen LogP contribution in [0.25, 0.3) is 16.5 Å². The first-order chi connectivity index (χ1) is 15.6. The lowest BCUT2D eigenvalue weighted by Crippen LogP contribution is -2.42. The maximum atomic E-state index is 14.1. The Hall–Kier alpha value is -3.25. The lowest BCUT2D eigenvalue weighted by molar-refractivity contribution is 0.138. The molecule has 1 atom stereocenters. The number of H-pyrrole nitrogens is 1. The number of fused-ring (bicyclic) bond motifs is 1. The van der Waals surface area contributed by atoms with Crippen molar-refractivity contribution in [2.24, 2.45) is 0 Å². The maximum absolute atomic E-state index is 14.1. The van der Waals surface area contributed by atoms with Gasteiger partial charge in [-0.25, -0.2) is 4.39 Å². The molecule has 0 amide bonds. The number of aromatic amines is 1. The molecule has 1 unspecified atom stereocenters. The zero-order chi connectivity index (χ0) is 22.1. The molecule has 1 N–H and O–H groups in total. The van der Waals surface area contributed by atoms with E-state index < -0.39 is 0 Å². The van der Waals surface area contributed by atoms with Crippen molar-refractivity contribution in [2.45, 2.75) is 37.8 Å². The average Bonchev–Trinajstić information content (AvgIpc) is 3.46. The summed E-state index contributed by atoms with van der Waals surface area (Å²) in [5.41, 5.74) is 5.91. The molecule has 6 heteroatoms. The Balaban J connectivity index is 1.52. The Morgan fingerprint density at radius 3 is 2.69 bits per heavy atom. The highest BCUT2D eigenvalue weighted by atomic mass is 19.1. The SMILES string of the molecule is CN(C)C1(c2ccccc2)CC=C(c2[nH]c3ccc(F)cc3c2CCn2ccnn2)CC1. The molecule has 0 radical (unpaired) electrons. The summed E-state index contributed by atoms with van der Waals surface area (Å²) < 4.78 is 15.9. The fourth-order valence-electron chi connectivity index (χ4n) is 5.07. The predicted octanol–water partition coefficient (Wildman–Crippen LogP) is 5.17. The van der Waals surface area contributed by atoms with Crippen LogP contribution in [0.2, 0.25) is 0 Å². The van der Waals surface area contributed by atoms with Crippen LogP contribution in [0, 0.1) is 5.82 Å². The number of hydrogen-bond acceptors (Lipinski definition) is 3. The van der Waals surface area contributed by atoms with Crippen LogP contribution in [0.4, 0.5) is 4.39 Å². The van der Waals surface area contributed by atoms with Gasteiger partial charge in [0.2, 0.25) is 0 Å². The molecule has 4 aromatic rings. The predicted molar refractivity (Wildman–Crippen MR) is 126 cm³/mol. The average molecular weight is 430 g/mol. The molecule has 0 spiro atoms. The molecule has 0 saturated heterocycles. The van der Waals surface area contributed by atoms with Crippen LogP contribution in [-0.4, -0.2) is 39.0 Å². The highest BCUT2D eigenvalue weighted by Crippen LogP contribution is 2.43. The molecule has 2 heterocycles. The van der Waals surface area contributed by atoms with Crippen LogP contribution in [0.5, 0.6) is 0 Å². The van der Waals surface area contributed by atoms with Crippen molar-refractivity contribution in [1.29, 1.82) is 0 Å². The van der Waals surface area contributed by atoms with E-state index in [4.69, 9.17) is 0 Å². The third kappa shape index (κ3) is 3.65. The van der Waals surface area contributed by atoms with Gasteiger partial charge in [0.1, 0.15) is 5.82 Å². The Kier molecular flexibility index (Phi) is 5.39. The van der Waals surface area contributed by atoms with Crippen LogP contribution in [0.15, 0.2) is 67.0 Å². The van der Waals surface area contributed by atoms with E-state index in [9.17, 15) is 4.39 Å². The summed E-state index contributed by atoms with van der Waals surface area (Å²) in [5.74, 6) is -0.210. The topological polar surface area (TPSA) is 49.7 Å². The minimum atomic E-state index is -0.210. The maximum Gasteiger partial charge on any atom is 0.123 e. The molecule has 2 aromatic carbocycles. The van der Waals surface area contributed by atoms with Gasteiger partial charge in [0, 0.05) is 34.9 Å². The van der Waals surface area contributed by atoms with Crippen LogP contribution in [0.3, 0.4) is 0 Å². The van der Waals surface area contributed by atoms with E-state index in [0.29, 0.717) is 6.54 Å². The van der Waals surface area contributed by atoms with Gasteiger partial charge in [-0.3, -0.25) is 9.58 Å². The van der Waals surface area contributed by atoms with Gasteiger partial charge in [0.15, 0.2) is 0 Å². The number of hydrogen-bond donors (Lipinski definition) is 1. The van der Waals surface area contributed by atoms with Gasteiger partial charge in [0.25, 0.3) is 0 Å². The van der Waals surface area contributed by atoms with E-state index in [-0.39, 0.29) is 11.4 Å². The van der Waals surface area contributed by atoms with E-state index in [1.807, 2.05) is 16.9 Å². The van der Waals surface area contributed by atoms with E-state index in [2.05, 4.69) is 70.7 Å². The van der Waals surface area contributed by atoms with Gasteiger partial charge in [-0.1, -0.05) is 41.6 Å². The van der Waals surface area contributed by atoms with Crippen molar-refractivity contribution in [1.82, 2.24) is 24.9 Å². The number of nitrogens with one attached hydrogen (secondary N) is 1. The van der Waals surface area contributed by atoms with Crippen LogP contribution in [-0.2, 0) is 18.5 Å². The first-order valence-electron chi connectivity index (χ1n) is 11.1. The molecule has 5 nitrogen and oxygen atoms in total. The second-order valence-electron chi connectivity index (χ2n) is 8.81. The molecule has 2 aromatic heterocycles. The molecule has 0 saturated carbocycles. The summed E-state index contributed by atoms with van der Waals surface area (Å²) in [7, 11) is 4.34. The van der Waals surface area contributed by atoms with Gasteiger partial charge in [-0.2, -0.15) is 0 Å². The molecule has 1 aliphatic carbocycles. The van der Waals surface area contributed by atoms with Crippen LogP contribution < -0.4 is 0 Å². The summed E-state index contributed by atoms with van der Waals surface area (Å²) in [6.45, 7) is 0.704. The summed E-state index contributed by atoms with van der Waals surface area (Å²) in [6.07, 6.45) is 9.60. The molecular formula is C26H28FN5. The van der Waals surface area contributed by atoms with E-state index in [0.717, 1.165) is 47.8 Å². The highest BCUT2D eigenvalue weighted by Gasteiger charge is 2.36. The number of rotatable bonds is 6. The van der Waals surface area contributed by atoms with Gasteiger partial charge < -0.3 is 4.98 Å². The number of allylic oxidation sites excluding steroid dienone is 1. The first kappa shape index (κ1) is 20.6. The molecule has 1 aliphatic rings. The Bertz CT molecular complexity index is 1240. The van der Waals surface area contributed by atoms with Crippen LogP contribution in [0.1, 0.15) is 36.1 Å². The van der Waals surface area contributed by atoms with Gasteiger partial charge in [-0.05, 0) is 74.7 Å². The Morgan fingerprint density at radius 1 is 1.16 bits per heavy atom. The van der Waals surface area contributed by atoms with Crippen molar-refractivity contribution >= 4 is 16.5 Å². The number of aryl methyl sites for hydroxylation is 2. The minimum Gasteiger partial charge on any atom is -0.355 e. The molecule has 0 bridgehead atoms. The van der Waals surface area contributed by atoms with Crippen LogP contribution >= 0.6 is 0 Å². The first-order valence-corrected chi connectivity index (χ1v) is 11.1. The number of halogens is 1. The third-order valence-corrected chi connectivity index (χ3v) is 6.91. The fourth-order valence-corrected chi connectivity index (χ4v) is 5.07. The molecule has 0 aliphatic heterocycles. The monoisotopic (exact) mass is 429 g/mol. The van der Waals surface area contributed by atoms with E-state index >= 15 is 0 Å². The lowest BCUT2D eigenvalue weighted by atomic mass is 9.75. The summed E-state index contributed by atoms with van der Waals surface area (Å²) in [6, 6.07) is 15.8. The second kappa shape index (κ2) is 8.36. The normalized spacial score (nSPS) is 18.9. The fraction of sp³-hybridized carbons (Fsp3) is 0.308. The quantitative estimate of drug-likeness (QED) is 0.460. The molecule has 0 fully saturated rings. The number of aromatic nitrogens is 4. The smallest absolute Gasteiger partial charge is 0.123 e. The standard InChI is InChI=1S/C26H28FN5/c1-31(2)26(20-6-4-3-5-7-20)13-10-19(11-14-26)25-22(12-16-32-17-15-28-30-32)23-18-21(27)8-9-24(23)29-25/h3-10,15,17-18,29H,11-14,16H2,1-2H3. The van der Waals surface area contributed by atoms with Crippen molar-refractivity contribution in [2.75, 3.05) is 14.1 Å². The second-order valence-corrected chi connectivity index (χ2v) is 8.81. The molecule has 5 rings (SSSR count). The van der Waals surface area contributed by atoms with Crippen molar-refractivity contribution < 1.29 is 4.39 Å². The molecule has 164 valence electrons. The van der Waals surface area contributed by atoms with Gasteiger partial charge in [0.05, 0.1) is 6.20 Å². The zero-order valence-corrected chi connectivity index (χ0v) is 18.6. The number of nitrogens with zero attached hydrogens (tertiary/aromatic N) is 4. The minimum absolute atomic E-state index is 0.0101. The van der Waals surface area contributed by atoms with Crippen molar-refractivity contribution in [3.63, 3.8) is 0 Å². The Labute approximate surface area is 187 Å². The van der Waals surface area contributed by atoms with E-state index in [1.165, 1.54) is 17.2 Å². The Morgan fingerprint density at radius 2 is 2.00 bits per heavy atom. The lowest BCUT2D eigenvalue weighted by Gasteiger charge is -2.43. The summed E-state index contributed by atoms with van der Waals surface area (Å²) >= 11 is 0. The van der Waals surface area contributed by atoms with Gasteiger partial charge >= 0.3 is 0 Å². The zero-order valence-electron chi connectivity index (χ0n) is 18.6. The molecule has 32 heavy (non-hydrogen) atoms. The van der Waals surface area contributed by atoms with Crippen molar-refractivity contribution in [3.05, 3.63) is 89.6 Å². The number of benzene rings is 2. The highest BCUT2D eigenvalue weighted by molar-refractivity contribution is 5.89.